The van der Waals surface area contributed by atoms with Crippen LogP contribution in [0, 0.1) is 5.82 Å². The molecule has 0 spiro atoms. The van der Waals surface area contributed by atoms with E-state index in [1.165, 1.54) is 12.1 Å². The Bertz CT molecular complexity index is 677. The third kappa shape index (κ3) is 3.25. The van der Waals surface area contributed by atoms with Crippen LogP contribution in [0.5, 0.6) is 0 Å². The van der Waals surface area contributed by atoms with Crippen LogP contribution in [0.3, 0.4) is 0 Å². The Hall–Kier alpha value is -2.69. The van der Waals surface area contributed by atoms with Crippen molar-refractivity contribution in [1.82, 2.24) is 0 Å². The fraction of sp³-hybridized carbons (Fsp3) is 0.125. The summed E-state index contributed by atoms with van der Waals surface area (Å²) in [7, 11) is 0. The first kappa shape index (κ1) is 14.7. The normalized spacial score (nSPS) is 10.2. The summed E-state index contributed by atoms with van der Waals surface area (Å²) >= 11 is 0. The molecule has 21 heavy (non-hydrogen) atoms. The van der Waals surface area contributed by atoms with Crippen LogP contribution < -0.4 is 0 Å². The summed E-state index contributed by atoms with van der Waals surface area (Å²) in [6.45, 7) is 2.01. The SMILES string of the molecule is CCOC(=O)c1ccc(-c2ccc(F)c(C(=O)O)c2)cc1. The van der Waals surface area contributed by atoms with Gasteiger partial charge in [-0.3, -0.25) is 0 Å². The van der Waals surface area contributed by atoms with Gasteiger partial charge in [0, 0.05) is 0 Å². The molecular formula is C16H13FO4. The number of carbonyl (C=O) groups excluding carboxylic acids is 1. The zero-order valence-corrected chi connectivity index (χ0v) is 11.3. The molecule has 1 N–H and O–H groups in total. The number of carbonyl (C=O) groups is 2. The standard InChI is InChI=1S/C16H13FO4/c1-2-21-16(20)11-5-3-10(4-6-11)12-7-8-14(17)13(9-12)15(18)19/h3-9H,2H2,1H3,(H,18,19). The van der Waals surface area contributed by atoms with Crippen molar-refractivity contribution < 1.29 is 23.8 Å². The van der Waals surface area contributed by atoms with Crippen LogP contribution in [-0.2, 0) is 4.74 Å². The molecule has 0 radical (unpaired) electrons. The summed E-state index contributed by atoms with van der Waals surface area (Å²) in [5.74, 6) is -2.53. The number of hydrogen-bond donors (Lipinski definition) is 1. The van der Waals surface area contributed by atoms with E-state index in [0.29, 0.717) is 23.3 Å². The second-order valence-electron chi connectivity index (χ2n) is 4.30. The number of halogens is 1. The minimum Gasteiger partial charge on any atom is -0.478 e. The zero-order valence-electron chi connectivity index (χ0n) is 11.3. The molecule has 0 aliphatic carbocycles. The molecule has 0 amide bonds. The molecule has 5 heteroatoms. The highest BCUT2D eigenvalue weighted by atomic mass is 19.1. The summed E-state index contributed by atoms with van der Waals surface area (Å²) in [6.07, 6.45) is 0. The molecule has 0 unspecified atom stereocenters. The van der Waals surface area contributed by atoms with E-state index in [1.807, 2.05) is 0 Å². The zero-order chi connectivity index (χ0) is 15.4. The van der Waals surface area contributed by atoms with Crippen LogP contribution in [0.1, 0.15) is 27.6 Å². The van der Waals surface area contributed by atoms with Crippen LogP contribution in [0.25, 0.3) is 11.1 Å². The molecule has 0 saturated carbocycles. The van der Waals surface area contributed by atoms with E-state index in [-0.39, 0.29) is 5.56 Å². The summed E-state index contributed by atoms with van der Waals surface area (Å²) in [4.78, 5) is 22.5. The largest absolute Gasteiger partial charge is 0.478 e. The Kier molecular flexibility index (Phi) is 4.33. The van der Waals surface area contributed by atoms with E-state index in [2.05, 4.69) is 0 Å². The van der Waals surface area contributed by atoms with Gasteiger partial charge in [-0.25, -0.2) is 14.0 Å². The molecule has 0 atom stereocenters. The predicted octanol–water partition coefficient (Wildman–Crippen LogP) is 3.37. The van der Waals surface area contributed by atoms with Gasteiger partial charge >= 0.3 is 11.9 Å². The minimum atomic E-state index is -1.32. The Labute approximate surface area is 120 Å². The highest BCUT2D eigenvalue weighted by Crippen LogP contribution is 2.23. The van der Waals surface area contributed by atoms with Crippen molar-refractivity contribution in [1.29, 1.82) is 0 Å². The van der Waals surface area contributed by atoms with E-state index in [9.17, 15) is 14.0 Å². The molecule has 0 heterocycles. The van der Waals surface area contributed by atoms with Crippen molar-refractivity contribution >= 4 is 11.9 Å². The highest BCUT2D eigenvalue weighted by Gasteiger charge is 2.12. The van der Waals surface area contributed by atoms with Crippen LogP contribution in [0.4, 0.5) is 4.39 Å². The quantitative estimate of drug-likeness (QED) is 0.876. The van der Waals surface area contributed by atoms with E-state index < -0.39 is 17.8 Å². The first-order chi connectivity index (χ1) is 10.0. The molecule has 0 aliphatic rings. The van der Waals surface area contributed by atoms with E-state index in [1.54, 1.807) is 31.2 Å². The Morgan fingerprint density at radius 1 is 1.10 bits per heavy atom. The number of hydrogen-bond acceptors (Lipinski definition) is 3. The van der Waals surface area contributed by atoms with Crippen molar-refractivity contribution in [2.24, 2.45) is 0 Å². The van der Waals surface area contributed by atoms with Crippen LogP contribution >= 0.6 is 0 Å². The number of rotatable bonds is 4. The van der Waals surface area contributed by atoms with Crippen LogP contribution in [0.15, 0.2) is 42.5 Å². The maximum atomic E-state index is 13.3. The van der Waals surface area contributed by atoms with Gasteiger partial charge in [-0.15, -0.1) is 0 Å². The second-order valence-corrected chi connectivity index (χ2v) is 4.30. The molecule has 0 aliphatic heterocycles. The topological polar surface area (TPSA) is 63.6 Å². The van der Waals surface area contributed by atoms with Crippen molar-refractivity contribution in [3.63, 3.8) is 0 Å². The van der Waals surface area contributed by atoms with E-state index in [4.69, 9.17) is 9.84 Å². The molecular weight excluding hydrogens is 275 g/mol. The molecule has 0 aromatic heterocycles. The lowest BCUT2D eigenvalue weighted by atomic mass is 10.0. The molecule has 2 rings (SSSR count). The molecule has 2 aromatic carbocycles. The Morgan fingerprint density at radius 3 is 2.29 bits per heavy atom. The summed E-state index contributed by atoms with van der Waals surface area (Å²) in [5, 5.41) is 8.91. The maximum Gasteiger partial charge on any atom is 0.338 e. The number of ether oxygens (including phenoxy) is 1. The monoisotopic (exact) mass is 288 g/mol. The lowest BCUT2D eigenvalue weighted by molar-refractivity contribution is 0.0526. The van der Waals surface area contributed by atoms with Gasteiger partial charge in [0.15, 0.2) is 0 Å². The average molecular weight is 288 g/mol. The van der Waals surface area contributed by atoms with Gasteiger partial charge in [-0.2, -0.15) is 0 Å². The van der Waals surface area contributed by atoms with Crippen molar-refractivity contribution in [3.8, 4) is 11.1 Å². The predicted molar refractivity (Wildman–Crippen MR) is 74.8 cm³/mol. The summed E-state index contributed by atoms with van der Waals surface area (Å²) < 4.78 is 18.2. The van der Waals surface area contributed by atoms with Gasteiger partial charge in [0.05, 0.1) is 17.7 Å². The van der Waals surface area contributed by atoms with Crippen LogP contribution in [0.2, 0.25) is 0 Å². The third-order valence-electron chi connectivity index (χ3n) is 2.93. The lowest BCUT2D eigenvalue weighted by Crippen LogP contribution is -2.04. The number of carboxylic acid groups (broad SMARTS) is 1. The number of benzene rings is 2. The Morgan fingerprint density at radius 2 is 1.71 bits per heavy atom. The van der Waals surface area contributed by atoms with Gasteiger partial charge in [0.1, 0.15) is 5.82 Å². The van der Waals surface area contributed by atoms with Gasteiger partial charge in [0.25, 0.3) is 0 Å². The number of esters is 1. The first-order valence-corrected chi connectivity index (χ1v) is 6.33. The Balaban J connectivity index is 2.33. The molecule has 4 nitrogen and oxygen atoms in total. The second kappa shape index (κ2) is 6.17. The molecule has 2 aromatic rings. The lowest BCUT2D eigenvalue weighted by Gasteiger charge is -2.06. The van der Waals surface area contributed by atoms with E-state index >= 15 is 0 Å². The molecule has 0 saturated heterocycles. The number of aromatic carboxylic acids is 1. The average Bonchev–Trinajstić information content (AvgIpc) is 2.48. The molecule has 0 fully saturated rings. The first-order valence-electron chi connectivity index (χ1n) is 6.33. The van der Waals surface area contributed by atoms with Gasteiger partial charge < -0.3 is 9.84 Å². The van der Waals surface area contributed by atoms with Crippen molar-refractivity contribution in [3.05, 3.63) is 59.4 Å². The van der Waals surface area contributed by atoms with Crippen LogP contribution in [-0.4, -0.2) is 23.7 Å². The molecule has 0 bridgehead atoms. The maximum absolute atomic E-state index is 13.3. The van der Waals surface area contributed by atoms with Gasteiger partial charge in [-0.1, -0.05) is 18.2 Å². The third-order valence-corrected chi connectivity index (χ3v) is 2.93. The summed E-state index contributed by atoms with van der Waals surface area (Å²) in [5.41, 5.74) is 1.26. The van der Waals surface area contributed by atoms with E-state index in [0.717, 1.165) is 6.07 Å². The fourth-order valence-corrected chi connectivity index (χ4v) is 1.88. The van der Waals surface area contributed by atoms with Crippen molar-refractivity contribution in [2.75, 3.05) is 6.61 Å². The number of carboxylic acids is 1. The van der Waals surface area contributed by atoms with Crippen molar-refractivity contribution in [2.45, 2.75) is 6.92 Å². The fourth-order valence-electron chi connectivity index (χ4n) is 1.88. The molecule has 108 valence electrons. The highest BCUT2D eigenvalue weighted by molar-refractivity contribution is 5.91. The van der Waals surface area contributed by atoms with Gasteiger partial charge in [0.2, 0.25) is 0 Å². The smallest absolute Gasteiger partial charge is 0.338 e. The summed E-state index contributed by atoms with van der Waals surface area (Å²) in [6, 6.07) is 10.3. The minimum absolute atomic E-state index is 0.292. The van der Waals surface area contributed by atoms with Gasteiger partial charge in [-0.05, 0) is 42.3 Å².